The zero-order chi connectivity index (χ0) is 37.0. The van der Waals surface area contributed by atoms with Gasteiger partial charge in [0.15, 0.2) is 0 Å². The van der Waals surface area contributed by atoms with Gasteiger partial charge in [0, 0.05) is 17.8 Å². The van der Waals surface area contributed by atoms with Crippen LogP contribution < -0.4 is 9.47 Å². The van der Waals surface area contributed by atoms with Crippen molar-refractivity contribution in [2.45, 2.75) is 128 Å². The largest absolute Gasteiger partial charge is 0.494 e. The molecule has 284 valence electrons. The van der Waals surface area contributed by atoms with E-state index in [-0.39, 0.29) is 11.3 Å². The quantitative estimate of drug-likeness (QED) is 0.0804. The lowest BCUT2D eigenvalue weighted by Gasteiger charge is -2.51. The van der Waals surface area contributed by atoms with Gasteiger partial charge < -0.3 is 9.47 Å². The van der Waals surface area contributed by atoms with E-state index in [1.807, 2.05) is 12.1 Å². The molecule has 0 bridgehead atoms. The third-order valence-corrected chi connectivity index (χ3v) is 12.8. The minimum Gasteiger partial charge on any atom is -0.494 e. The van der Waals surface area contributed by atoms with Gasteiger partial charge in [-0.05, 0) is 159 Å². The number of halogens is 2. The van der Waals surface area contributed by atoms with E-state index in [9.17, 15) is 8.78 Å². The van der Waals surface area contributed by atoms with Crippen LogP contribution in [0.25, 0.3) is 0 Å². The summed E-state index contributed by atoms with van der Waals surface area (Å²) in [6.07, 6.45) is 18.9. The summed E-state index contributed by atoms with van der Waals surface area (Å²) >= 11 is 0. The molecule has 4 nitrogen and oxygen atoms in total. The SMILES string of the molecule is CCCCCOc1ccc(C2CCC(C(C)(c3ccc(F)nc3)C(Cc3ccc(F)nc3)C3CCC(c4ccc(OCCCC)cc4)CC3)CC2)cc1. The van der Waals surface area contributed by atoms with Gasteiger partial charge in [-0.2, -0.15) is 8.78 Å². The van der Waals surface area contributed by atoms with Gasteiger partial charge in [-0.1, -0.05) is 76.4 Å². The molecule has 2 aromatic heterocycles. The number of aromatic nitrogens is 2. The van der Waals surface area contributed by atoms with E-state index in [1.54, 1.807) is 12.4 Å². The highest BCUT2D eigenvalue weighted by Gasteiger charge is 2.47. The smallest absolute Gasteiger partial charge is 0.212 e. The molecule has 0 radical (unpaired) electrons. The highest BCUT2D eigenvalue weighted by molar-refractivity contribution is 5.32. The Morgan fingerprint density at radius 1 is 0.623 bits per heavy atom. The maximum absolute atomic E-state index is 14.4. The minimum absolute atomic E-state index is 0.245. The molecule has 2 aliphatic rings. The van der Waals surface area contributed by atoms with Crippen molar-refractivity contribution in [2.24, 2.45) is 17.8 Å². The topological polar surface area (TPSA) is 44.2 Å². The predicted molar refractivity (Wildman–Crippen MR) is 211 cm³/mol. The maximum Gasteiger partial charge on any atom is 0.212 e. The predicted octanol–water partition coefficient (Wildman–Crippen LogP) is 12.6. The first kappa shape index (κ1) is 38.9. The Balaban J connectivity index is 1.21. The van der Waals surface area contributed by atoms with Crippen molar-refractivity contribution < 1.29 is 18.3 Å². The molecular formula is C47H60F2N2O2. The Morgan fingerprint density at radius 2 is 1.15 bits per heavy atom. The molecule has 2 heterocycles. The third-order valence-electron chi connectivity index (χ3n) is 12.8. The first-order valence-corrected chi connectivity index (χ1v) is 20.5. The number of unbranched alkanes of at least 4 members (excludes halogenated alkanes) is 3. The lowest BCUT2D eigenvalue weighted by molar-refractivity contribution is 0.0752. The van der Waals surface area contributed by atoms with Gasteiger partial charge in [-0.3, -0.25) is 0 Å². The zero-order valence-electron chi connectivity index (χ0n) is 32.3. The molecule has 2 atom stereocenters. The van der Waals surface area contributed by atoms with Crippen LogP contribution in [0.3, 0.4) is 0 Å². The van der Waals surface area contributed by atoms with Gasteiger partial charge in [-0.15, -0.1) is 0 Å². The molecule has 0 N–H and O–H groups in total. The average molecular weight is 723 g/mol. The van der Waals surface area contributed by atoms with Gasteiger partial charge in [0.05, 0.1) is 13.2 Å². The van der Waals surface area contributed by atoms with E-state index >= 15 is 0 Å². The second-order valence-corrected chi connectivity index (χ2v) is 16.0. The summed E-state index contributed by atoms with van der Waals surface area (Å²) in [5.74, 6) is 3.17. The molecule has 6 rings (SSSR count). The number of rotatable bonds is 17. The van der Waals surface area contributed by atoms with Crippen molar-refractivity contribution in [3.8, 4) is 11.5 Å². The van der Waals surface area contributed by atoms with Crippen LogP contribution in [0.5, 0.6) is 11.5 Å². The highest BCUT2D eigenvalue weighted by atomic mass is 19.1. The van der Waals surface area contributed by atoms with E-state index in [4.69, 9.17) is 9.47 Å². The first-order chi connectivity index (χ1) is 25.9. The van der Waals surface area contributed by atoms with Crippen molar-refractivity contribution in [3.63, 3.8) is 0 Å². The minimum atomic E-state index is -0.451. The third kappa shape index (κ3) is 10.0. The number of hydrogen-bond acceptors (Lipinski definition) is 4. The van der Waals surface area contributed by atoms with E-state index in [2.05, 4.69) is 79.3 Å². The van der Waals surface area contributed by atoms with Gasteiger partial charge in [0.1, 0.15) is 11.5 Å². The van der Waals surface area contributed by atoms with Crippen LogP contribution >= 0.6 is 0 Å². The fourth-order valence-corrected chi connectivity index (χ4v) is 9.53. The van der Waals surface area contributed by atoms with Crippen LogP contribution in [0.4, 0.5) is 8.78 Å². The standard InChI is InChI=1S/C47H60F2N2O2/c1-4-6-8-30-53-43-25-18-38(19-26-43)36-14-20-40(21-15-36)47(3,41-22-28-46(49)51-33-41)44(31-34-9-27-45(48)50-32-34)39-12-10-35(11-13-39)37-16-23-42(24-17-37)52-29-7-5-2/h9,16-19,22-28,32-33,35-36,39-40,44H,4-8,10-15,20-21,29-31H2,1-3H3. The Kier molecular flexibility index (Phi) is 13.9. The molecule has 2 aliphatic carbocycles. The maximum atomic E-state index is 14.4. The summed E-state index contributed by atoms with van der Waals surface area (Å²) in [6.45, 7) is 8.36. The summed E-state index contributed by atoms with van der Waals surface area (Å²) in [6, 6.07) is 24.5. The van der Waals surface area contributed by atoms with Crippen LogP contribution in [0.2, 0.25) is 0 Å². The van der Waals surface area contributed by atoms with Crippen LogP contribution in [-0.2, 0) is 11.8 Å². The highest BCUT2D eigenvalue weighted by Crippen LogP contribution is 2.54. The van der Waals surface area contributed by atoms with Crippen molar-refractivity contribution in [2.75, 3.05) is 13.2 Å². The number of ether oxygens (including phenoxy) is 2. The van der Waals surface area contributed by atoms with Crippen LogP contribution in [0, 0.1) is 29.6 Å². The molecule has 2 unspecified atom stereocenters. The number of benzene rings is 2. The monoisotopic (exact) mass is 722 g/mol. The summed E-state index contributed by atoms with van der Waals surface area (Å²) in [5, 5.41) is 0. The van der Waals surface area contributed by atoms with Gasteiger partial charge >= 0.3 is 0 Å². The van der Waals surface area contributed by atoms with Gasteiger partial charge in [-0.25, -0.2) is 9.97 Å². The molecule has 0 spiro atoms. The zero-order valence-corrected chi connectivity index (χ0v) is 32.3. The van der Waals surface area contributed by atoms with Gasteiger partial charge in [0.25, 0.3) is 0 Å². The number of hydrogen-bond donors (Lipinski definition) is 0. The average Bonchev–Trinajstić information content (AvgIpc) is 3.20. The fourth-order valence-electron chi connectivity index (χ4n) is 9.53. The van der Waals surface area contributed by atoms with E-state index in [0.29, 0.717) is 23.7 Å². The normalized spacial score (nSPS) is 22.1. The Morgan fingerprint density at radius 3 is 1.66 bits per heavy atom. The molecule has 53 heavy (non-hydrogen) atoms. The molecule has 0 amide bonds. The Labute approximate surface area is 317 Å². The first-order valence-electron chi connectivity index (χ1n) is 20.5. The van der Waals surface area contributed by atoms with E-state index in [1.165, 1.54) is 36.1 Å². The summed E-state index contributed by atoms with van der Waals surface area (Å²) in [4.78, 5) is 8.28. The van der Waals surface area contributed by atoms with Crippen molar-refractivity contribution in [1.82, 2.24) is 9.97 Å². The molecule has 6 heteroatoms. The van der Waals surface area contributed by atoms with E-state index < -0.39 is 11.9 Å². The van der Waals surface area contributed by atoms with Gasteiger partial charge in [0.2, 0.25) is 11.9 Å². The molecule has 0 aliphatic heterocycles. The summed E-state index contributed by atoms with van der Waals surface area (Å²) < 4.78 is 40.3. The van der Waals surface area contributed by atoms with Crippen molar-refractivity contribution in [1.29, 1.82) is 0 Å². The van der Waals surface area contributed by atoms with Crippen LogP contribution in [0.15, 0.2) is 85.2 Å². The molecule has 2 fully saturated rings. The number of nitrogens with zero attached hydrogens (tertiary/aromatic N) is 2. The van der Waals surface area contributed by atoms with Crippen molar-refractivity contribution in [3.05, 3.63) is 119 Å². The lowest BCUT2D eigenvalue weighted by atomic mass is 9.53. The Hall–Kier alpha value is -3.80. The summed E-state index contributed by atoms with van der Waals surface area (Å²) in [7, 11) is 0. The van der Waals surface area contributed by atoms with Crippen LogP contribution in [-0.4, -0.2) is 23.2 Å². The molecule has 4 aromatic rings. The number of pyridine rings is 2. The van der Waals surface area contributed by atoms with E-state index in [0.717, 1.165) is 113 Å². The van der Waals surface area contributed by atoms with Crippen molar-refractivity contribution >= 4 is 0 Å². The summed E-state index contributed by atoms with van der Waals surface area (Å²) in [5.41, 5.74) is 4.72. The second kappa shape index (κ2) is 19.0. The molecule has 0 saturated heterocycles. The molecular weight excluding hydrogens is 663 g/mol. The second-order valence-electron chi connectivity index (χ2n) is 16.0. The Bertz CT molecular complexity index is 1650. The molecule has 2 aromatic carbocycles. The molecule has 2 saturated carbocycles. The lowest BCUT2D eigenvalue weighted by Crippen LogP contribution is -2.46. The fraction of sp³-hybridized carbons (Fsp3) is 0.532. The van der Waals surface area contributed by atoms with Crippen LogP contribution in [0.1, 0.15) is 138 Å².